The van der Waals surface area contributed by atoms with Gasteiger partial charge in [0.15, 0.2) is 0 Å². The van der Waals surface area contributed by atoms with Crippen LogP contribution in [0.25, 0.3) is 0 Å². The van der Waals surface area contributed by atoms with E-state index in [1.165, 1.54) is 0 Å². The summed E-state index contributed by atoms with van der Waals surface area (Å²) < 4.78 is 0. The number of amides is 1. The van der Waals surface area contributed by atoms with Crippen molar-refractivity contribution in [2.24, 2.45) is 5.92 Å². The predicted molar refractivity (Wildman–Crippen MR) is 80.9 cm³/mol. The maximum absolute atomic E-state index is 12.6. The summed E-state index contributed by atoms with van der Waals surface area (Å²) in [5.74, 6) is -1.26. The van der Waals surface area contributed by atoms with Crippen molar-refractivity contribution in [1.82, 2.24) is 25.3 Å². The molecule has 0 bridgehead atoms. The first kappa shape index (κ1) is 15.3. The molecule has 23 heavy (non-hydrogen) atoms. The number of carbonyl (C=O) groups excluding carboxylic acids is 1. The second kappa shape index (κ2) is 6.23. The molecule has 1 fully saturated rings. The highest BCUT2D eigenvalue weighted by Crippen LogP contribution is 2.34. The summed E-state index contributed by atoms with van der Waals surface area (Å²) in [6.45, 7) is 2.87. The number of nitrogens with one attached hydrogen (secondary N) is 2. The molecule has 1 saturated heterocycles. The van der Waals surface area contributed by atoms with Crippen molar-refractivity contribution in [2.45, 2.75) is 25.7 Å². The fraction of sp³-hybridized carbons (Fsp3) is 0.467. The molecule has 0 aliphatic carbocycles. The number of hydrogen-bond acceptors (Lipinski definition) is 4. The Morgan fingerprint density at radius 2 is 2.22 bits per heavy atom. The number of H-pyrrole nitrogens is 2. The Bertz CT molecular complexity index is 694. The molecule has 0 aromatic carbocycles. The maximum Gasteiger partial charge on any atom is 0.303 e. The number of carboxylic acids is 1. The zero-order chi connectivity index (χ0) is 16.4. The smallest absolute Gasteiger partial charge is 0.303 e. The zero-order valence-corrected chi connectivity index (χ0v) is 12.8. The molecular weight excluding hydrogens is 298 g/mol. The minimum Gasteiger partial charge on any atom is -0.481 e. The van der Waals surface area contributed by atoms with Crippen LogP contribution in [-0.4, -0.2) is 55.4 Å². The van der Waals surface area contributed by atoms with Gasteiger partial charge in [-0.25, -0.2) is 0 Å². The van der Waals surface area contributed by atoms with Crippen LogP contribution in [0, 0.1) is 5.92 Å². The average Bonchev–Trinajstić information content (AvgIpc) is 3.25. The SMILES string of the molecule is CCc1ccc(C(=O)N2C[C@@H](CC(=O)O)[C@@H](c3cn[nH]n3)C2)[nH]1. The number of nitrogens with zero attached hydrogens (tertiary/aromatic N) is 3. The Morgan fingerprint density at radius 3 is 2.83 bits per heavy atom. The van der Waals surface area contributed by atoms with Crippen molar-refractivity contribution in [3.8, 4) is 0 Å². The molecule has 8 nitrogen and oxygen atoms in total. The number of carboxylic acid groups (broad SMARTS) is 1. The van der Waals surface area contributed by atoms with Crippen LogP contribution in [0.4, 0.5) is 0 Å². The molecule has 3 heterocycles. The van der Waals surface area contributed by atoms with Gasteiger partial charge in [-0.3, -0.25) is 9.59 Å². The van der Waals surface area contributed by atoms with Crippen LogP contribution in [0.5, 0.6) is 0 Å². The van der Waals surface area contributed by atoms with E-state index in [2.05, 4.69) is 20.4 Å². The van der Waals surface area contributed by atoms with Crippen LogP contribution in [0.3, 0.4) is 0 Å². The minimum absolute atomic E-state index is 0.00619. The average molecular weight is 317 g/mol. The van der Waals surface area contributed by atoms with Gasteiger partial charge in [0.05, 0.1) is 18.3 Å². The van der Waals surface area contributed by atoms with Gasteiger partial charge in [0, 0.05) is 24.7 Å². The third-order valence-electron chi connectivity index (χ3n) is 4.34. The lowest BCUT2D eigenvalue weighted by molar-refractivity contribution is -0.138. The van der Waals surface area contributed by atoms with Crippen LogP contribution < -0.4 is 0 Å². The van der Waals surface area contributed by atoms with Crippen LogP contribution >= 0.6 is 0 Å². The van der Waals surface area contributed by atoms with E-state index in [0.29, 0.717) is 24.5 Å². The standard InChI is InChI=1S/C15H19N5O3/c1-2-10-3-4-12(17-10)15(23)20-7-9(5-14(21)22)11(8-20)13-6-16-19-18-13/h3-4,6,9,11,17H,2,5,7-8H2,1H3,(H,21,22)(H,16,18,19)/t9-,11+/m1/s1. The molecule has 0 saturated carbocycles. The van der Waals surface area contributed by atoms with E-state index < -0.39 is 5.97 Å². The van der Waals surface area contributed by atoms with Gasteiger partial charge >= 0.3 is 5.97 Å². The fourth-order valence-corrected chi connectivity index (χ4v) is 3.13. The topological polar surface area (TPSA) is 115 Å². The number of carbonyl (C=O) groups is 2. The molecule has 2 aromatic rings. The summed E-state index contributed by atoms with van der Waals surface area (Å²) in [6.07, 6.45) is 2.43. The number of hydrogen-bond donors (Lipinski definition) is 3. The van der Waals surface area contributed by atoms with E-state index in [1.54, 1.807) is 17.2 Å². The first-order valence-corrected chi connectivity index (χ1v) is 7.63. The quantitative estimate of drug-likeness (QED) is 0.761. The highest BCUT2D eigenvalue weighted by molar-refractivity contribution is 5.93. The van der Waals surface area contributed by atoms with E-state index in [1.807, 2.05) is 13.0 Å². The summed E-state index contributed by atoms with van der Waals surface area (Å²) >= 11 is 0. The summed E-state index contributed by atoms with van der Waals surface area (Å²) in [6, 6.07) is 3.67. The van der Waals surface area contributed by atoms with Crippen LogP contribution in [0.15, 0.2) is 18.3 Å². The van der Waals surface area contributed by atoms with Crippen molar-refractivity contribution < 1.29 is 14.7 Å². The number of aryl methyl sites for hydroxylation is 1. The molecule has 122 valence electrons. The fourth-order valence-electron chi connectivity index (χ4n) is 3.13. The van der Waals surface area contributed by atoms with Crippen LogP contribution in [0.1, 0.15) is 41.1 Å². The molecule has 1 aliphatic heterocycles. The third kappa shape index (κ3) is 3.10. The lowest BCUT2D eigenvalue weighted by Crippen LogP contribution is -2.29. The molecule has 3 rings (SSSR count). The monoisotopic (exact) mass is 317 g/mol. The van der Waals surface area contributed by atoms with E-state index in [-0.39, 0.29) is 24.2 Å². The van der Waals surface area contributed by atoms with Gasteiger partial charge in [0.1, 0.15) is 5.69 Å². The Balaban J connectivity index is 1.78. The first-order valence-electron chi connectivity index (χ1n) is 7.63. The van der Waals surface area contributed by atoms with E-state index in [9.17, 15) is 9.59 Å². The number of likely N-dealkylation sites (tertiary alicyclic amines) is 1. The molecular formula is C15H19N5O3. The number of aromatic amines is 2. The highest BCUT2D eigenvalue weighted by Gasteiger charge is 2.39. The molecule has 3 N–H and O–H groups in total. The van der Waals surface area contributed by atoms with E-state index in [4.69, 9.17) is 5.11 Å². The minimum atomic E-state index is -0.870. The summed E-state index contributed by atoms with van der Waals surface area (Å²) in [5, 5.41) is 19.5. The summed E-state index contributed by atoms with van der Waals surface area (Å²) in [5.41, 5.74) is 2.24. The lowest BCUT2D eigenvalue weighted by Gasteiger charge is -2.15. The second-order valence-electron chi connectivity index (χ2n) is 5.82. The molecule has 0 unspecified atom stereocenters. The molecule has 0 radical (unpaired) electrons. The molecule has 1 aliphatic rings. The number of rotatable bonds is 5. The Kier molecular flexibility index (Phi) is 4.14. The molecule has 1 amide bonds. The molecule has 2 atom stereocenters. The van der Waals surface area contributed by atoms with Gasteiger partial charge in [-0.15, -0.1) is 0 Å². The summed E-state index contributed by atoms with van der Waals surface area (Å²) in [4.78, 5) is 28.5. The Hall–Kier alpha value is -2.64. The lowest BCUT2D eigenvalue weighted by atomic mass is 9.91. The number of aromatic nitrogens is 4. The van der Waals surface area contributed by atoms with Gasteiger partial charge in [-0.1, -0.05) is 6.92 Å². The summed E-state index contributed by atoms with van der Waals surface area (Å²) in [7, 11) is 0. The van der Waals surface area contributed by atoms with E-state index in [0.717, 1.165) is 12.1 Å². The first-order chi connectivity index (χ1) is 11.1. The van der Waals surface area contributed by atoms with Gasteiger partial charge in [-0.05, 0) is 24.5 Å². The van der Waals surface area contributed by atoms with Crippen molar-refractivity contribution in [1.29, 1.82) is 0 Å². The Morgan fingerprint density at radius 1 is 1.39 bits per heavy atom. The van der Waals surface area contributed by atoms with Crippen molar-refractivity contribution in [3.05, 3.63) is 35.4 Å². The van der Waals surface area contributed by atoms with Gasteiger partial charge in [0.25, 0.3) is 5.91 Å². The second-order valence-corrected chi connectivity index (χ2v) is 5.82. The largest absolute Gasteiger partial charge is 0.481 e. The van der Waals surface area contributed by atoms with Crippen molar-refractivity contribution in [2.75, 3.05) is 13.1 Å². The predicted octanol–water partition coefficient (Wildman–Crippen LogP) is 1.03. The van der Waals surface area contributed by atoms with Crippen molar-refractivity contribution >= 4 is 11.9 Å². The van der Waals surface area contributed by atoms with Gasteiger partial charge < -0.3 is 15.0 Å². The molecule has 8 heteroatoms. The molecule has 2 aromatic heterocycles. The van der Waals surface area contributed by atoms with Gasteiger partial charge in [0.2, 0.25) is 0 Å². The van der Waals surface area contributed by atoms with Crippen LogP contribution in [0.2, 0.25) is 0 Å². The van der Waals surface area contributed by atoms with Gasteiger partial charge in [-0.2, -0.15) is 15.4 Å². The maximum atomic E-state index is 12.6. The third-order valence-corrected chi connectivity index (χ3v) is 4.34. The number of aliphatic carboxylic acids is 1. The zero-order valence-electron chi connectivity index (χ0n) is 12.8. The molecule has 0 spiro atoms. The normalized spacial score (nSPS) is 20.8. The van der Waals surface area contributed by atoms with Crippen LogP contribution in [-0.2, 0) is 11.2 Å². The highest BCUT2D eigenvalue weighted by atomic mass is 16.4. The van der Waals surface area contributed by atoms with E-state index >= 15 is 0 Å². The Labute approximate surface area is 132 Å². The van der Waals surface area contributed by atoms with Crippen molar-refractivity contribution in [3.63, 3.8) is 0 Å².